The zero-order chi connectivity index (χ0) is 40.3. The zero-order valence-corrected chi connectivity index (χ0v) is 34.4. The fourth-order valence-electron chi connectivity index (χ4n) is 10.4. The van der Waals surface area contributed by atoms with Crippen LogP contribution in [0.1, 0.15) is 57.5 Å². The molecule has 3 heterocycles. The Morgan fingerprint density at radius 2 is 1.22 bits per heavy atom. The first-order valence-electron chi connectivity index (χ1n) is 21.4. The van der Waals surface area contributed by atoms with Gasteiger partial charge in [-0.25, -0.2) is 15.0 Å². The molecule has 3 aromatic heterocycles. The van der Waals surface area contributed by atoms with Crippen molar-refractivity contribution >= 4 is 44.9 Å². The lowest BCUT2D eigenvalue weighted by Crippen LogP contribution is -2.29. The first-order valence-corrected chi connectivity index (χ1v) is 21.4. The van der Waals surface area contributed by atoms with E-state index in [2.05, 4.69) is 172 Å². The second-order valence-corrected chi connectivity index (χ2v) is 17.7. The highest BCUT2D eigenvalue weighted by atomic mass is 15.0. The van der Waals surface area contributed by atoms with Gasteiger partial charge >= 0.3 is 0 Å². The molecule has 0 fully saturated rings. The van der Waals surface area contributed by atoms with Crippen molar-refractivity contribution in [1.82, 2.24) is 19.4 Å². The van der Waals surface area contributed by atoms with Gasteiger partial charge in [0.2, 0.25) is 0 Å². The largest absolute Gasteiger partial charge is 0.308 e. The lowest BCUT2D eigenvalue weighted by atomic mass is 9.82. The van der Waals surface area contributed by atoms with Crippen LogP contribution >= 0.6 is 0 Å². The van der Waals surface area contributed by atoms with E-state index in [4.69, 9.17) is 15.0 Å². The molecule has 2 unspecified atom stereocenters. The molecule has 3 aliphatic carbocycles. The van der Waals surface area contributed by atoms with Gasteiger partial charge in [-0.15, -0.1) is 0 Å². The van der Waals surface area contributed by atoms with E-state index in [1.54, 1.807) is 0 Å². The van der Waals surface area contributed by atoms with Crippen LogP contribution in [0.4, 0.5) is 0 Å². The summed E-state index contributed by atoms with van der Waals surface area (Å²) in [6.07, 6.45) is 13.5. The van der Waals surface area contributed by atoms with E-state index in [-0.39, 0.29) is 5.41 Å². The number of aromatic nitrogens is 4. The van der Waals surface area contributed by atoms with Gasteiger partial charge < -0.3 is 4.40 Å². The van der Waals surface area contributed by atoms with Crippen LogP contribution < -0.4 is 10.6 Å². The summed E-state index contributed by atoms with van der Waals surface area (Å²) >= 11 is 0. The van der Waals surface area contributed by atoms with Gasteiger partial charge in [0.05, 0.1) is 11.0 Å². The average molecular weight is 773 g/mol. The van der Waals surface area contributed by atoms with Gasteiger partial charge in [-0.05, 0) is 106 Å². The summed E-state index contributed by atoms with van der Waals surface area (Å²) < 4.78 is 2.51. The van der Waals surface area contributed by atoms with Gasteiger partial charge in [0.15, 0.2) is 17.5 Å². The van der Waals surface area contributed by atoms with E-state index in [1.165, 1.54) is 76.7 Å². The van der Waals surface area contributed by atoms with Crippen molar-refractivity contribution in [3.8, 4) is 56.2 Å². The molecule has 0 aliphatic heterocycles. The smallest absolute Gasteiger partial charge is 0.164 e. The van der Waals surface area contributed by atoms with Crippen LogP contribution in [0.3, 0.4) is 0 Å². The minimum atomic E-state index is -0.118. The predicted octanol–water partition coefficient (Wildman–Crippen LogP) is 12.4. The van der Waals surface area contributed by atoms with Crippen molar-refractivity contribution in [2.45, 2.75) is 46.0 Å². The third-order valence-electron chi connectivity index (χ3n) is 13.5. The molecule has 12 rings (SSSR count). The Morgan fingerprint density at radius 1 is 0.567 bits per heavy atom. The number of hydrogen-bond donors (Lipinski definition) is 0. The normalized spacial score (nSPS) is 17.6. The first-order chi connectivity index (χ1) is 29.3. The molecule has 6 aromatic carbocycles. The molecule has 0 saturated heterocycles. The molecule has 0 spiro atoms. The standard InChI is InChI=1S/C56H44N4/c1-33-21-26-51-45(27-33)47-32-40(31-46-42-19-10-11-20-50(42)60(51)52(46)47)38-23-25-49-44(30-38)43-29-37(22-24-48(43)56(49,3)4)36-16-12-17-39(28-36)54-57-53(35-14-6-5-7-15-35)58-55(59-54)41-18-9-8-13-34(41)2/h5-12,14-20,22-34H,13,21H2,1-4H3. The number of para-hydroxylation sites is 1. The third-order valence-corrected chi connectivity index (χ3v) is 13.5. The Morgan fingerprint density at radius 3 is 2.00 bits per heavy atom. The molecular formula is C56H44N4. The van der Waals surface area contributed by atoms with Gasteiger partial charge in [0.1, 0.15) is 0 Å². The van der Waals surface area contributed by atoms with E-state index >= 15 is 0 Å². The van der Waals surface area contributed by atoms with Crippen LogP contribution in [0.25, 0.3) is 101 Å². The molecule has 0 bridgehead atoms. The van der Waals surface area contributed by atoms with E-state index in [1.807, 2.05) is 18.2 Å². The van der Waals surface area contributed by atoms with Crippen molar-refractivity contribution in [3.05, 3.63) is 173 Å². The summed E-state index contributed by atoms with van der Waals surface area (Å²) in [6.45, 7) is 9.30. The lowest BCUT2D eigenvalue weighted by Gasteiger charge is -2.21. The van der Waals surface area contributed by atoms with E-state index < -0.39 is 0 Å². The second kappa shape index (κ2) is 13.0. The highest BCUT2D eigenvalue weighted by Crippen LogP contribution is 2.51. The maximum atomic E-state index is 5.12. The lowest BCUT2D eigenvalue weighted by molar-refractivity contribution is 0.660. The first kappa shape index (κ1) is 35.1. The van der Waals surface area contributed by atoms with Gasteiger partial charge in [-0.2, -0.15) is 0 Å². The highest BCUT2D eigenvalue weighted by Gasteiger charge is 2.36. The van der Waals surface area contributed by atoms with Crippen LogP contribution in [-0.4, -0.2) is 19.4 Å². The number of fused-ring (bicyclic) bond motifs is 9. The topological polar surface area (TPSA) is 43.1 Å². The van der Waals surface area contributed by atoms with Gasteiger partial charge in [-0.1, -0.05) is 149 Å². The Kier molecular flexibility index (Phi) is 7.63. The number of benzene rings is 6. The zero-order valence-electron chi connectivity index (χ0n) is 34.4. The van der Waals surface area contributed by atoms with Gasteiger partial charge in [-0.3, -0.25) is 0 Å². The minimum absolute atomic E-state index is 0.118. The maximum absolute atomic E-state index is 5.12. The fraction of sp³-hybridized carbons (Fsp3) is 0.161. The quantitative estimate of drug-likeness (QED) is 0.175. The summed E-state index contributed by atoms with van der Waals surface area (Å²) in [5.74, 6) is 2.97. The van der Waals surface area contributed by atoms with Crippen molar-refractivity contribution in [2.75, 3.05) is 0 Å². The molecule has 0 radical (unpaired) electrons. The molecule has 9 aromatic rings. The molecule has 4 nitrogen and oxygen atoms in total. The number of rotatable bonds is 5. The van der Waals surface area contributed by atoms with Crippen molar-refractivity contribution in [1.29, 1.82) is 0 Å². The monoisotopic (exact) mass is 772 g/mol. The van der Waals surface area contributed by atoms with E-state index in [0.29, 0.717) is 23.5 Å². The molecule has 0 N–H and O–H groups in total. The van der Waals surface area contributed by atoms with Crippen LogP contribution in [-0.2, 0) is 5.41 Å². The average Bonchev–Trinajstić information content (AvgIpc) is 3.87. The molecule has 0 saturated carbocycles. The Bertz CT molecular complexity index is 3440. The van der Waals surface area contributed by atoms with E-state index in [9.17, 15) is 0 Å². The van der Waals surface area contributed by atoms with Crippen molar-refractivity contribution in [3.63, 3.8) is 0 Å². The van der Waals surface area contributed by atoms with Gasteiger partial charge in [0, 0.05) is 48.8 Å². The van der Waals surface area contributed by atoms with Crippen molar-refractivity contribution < 1.29 is 0 Å². The van der Waals surface area contributed by atoms with E-state index in [0.717, 1.165) is 40.9 Å². The van der Waals surface area contributed by atoms with Crippen LogP contribution in [0, 0.1) is 11.8 Å². The SMILES string of the molecule is CC1C=c2c(n3c4ccccc4c4cc(-c5ccc6c(c5)-c5cc(-c7cccc(-c8nc(C9=CC=CCC9C)nc(-c9ccccc9)n8)c7)ccc5C6(C)C)cc2c43)=CC1. The van der Waals surface area contributed by atoms with Crippen molar-refractivity contribution in [2.24, 2.45) is 11.8 Å². The fourth-order valence-corrected chi connectivity index (χ4v) is 10.4. The van der Waals surface area contributed by atoms with Crippen LogP contribution in [0.15, 0.2) is 146 Å². The summed E-state index contributed by atoms with van der Waals surface area (Å²) in [5.41, 5.74) is 15.8. The summed E-state index contributed by atoms with van der Waals surface area (Å²) in [5, 5.41) is 6.71. The number of allylic oxidation sites excluding steroid dienone is 4. The Balaban J connectivity index is 0.978. The predicted molar refractivity (Wildman–Crippen MR) is 249 cm³/mol. The summed E-state index contributed by atoms with van der Waals surface area (Å²) in [4.78, 5) is 15.2. The van der Waals surface area contributed by atoms with Gasteiger partial charge in [0.25, 0.3) is 0 Å². The van der Waals surface area contributed by atoms with Crippen LogP contribution in [0.5, 0.6) is 0 Å². The molecule has 288 valence electrons. The van der Waals surface area contributed by atoms with Crippen LogP contribution in [0.2, 0.25) is 0 Å². The summed E-state index contributed by atoms with van der Waals surface area (Å²) in [7, 11) is 0. The summed E-state index contributed by atoms with van der Waals surface area (Å²) in [6, 6.07) is 47.0. The Labute approximate surface area is 350 Å². The molecule has 60 heavy (non-hydrogen) atoms. The minimum Gasteiger partial charge on any atom is -0.308 e. The number of nitrogens with zero attached hydrogens (tertiary/aromatic N) is 4. The molecule has 4 heteroatoms. The maximum Gasteiger partial charge on any atom is 0.164 e. The Hall–Kier alpha value is -6.91. The number of hydrogen-bond acceptors (Lipinski definition) is 3. The third kappa shape index (κ3) is 5.26. The highest BCUT2D eigenvalue weighted by molar-refractivity contribution is 6.16. The molecule has 0 amide bonds. The molecular weight excluding hydrogens is 729 g/mol. The molecule has 2 atom stereocenters. The molecule has 3 aliphatic rings. The second-order valence-electron chi connectivity index (χ2n) is 17.7.